The van der Waals surface area contributed by atoms with Crippen LogP contribution in [-0.4, -0.2) is 98.4 Å². The van der Waals surface area contributed by atoms with Gasteiger partial charge in [0.15, 0.2) is 6.29 Å². The molecule has 2 fully saturated rings. The van der Waals surface area contributed by atoms with Crippen molar-refractivity contribution in [2.45, 2.75) is 56.1 Å². The molecule has 0 bridgehead atoms. The molecular weight excluding hydrogens is 583 g/mol. The molecule has 5 N–H and O–H groups in total. The van der Waals surface area contributed by atoms with Crippen molar-refractivity contribution in [3.8, 4) is 0 Å². The van der Waals surface area contributed by atoms with Crippen LogP contribution >= 0.6 is 0 Å². The Kier molecular flexibility index (Phi) is 10.5. The molecule has 2 aromatic rings. The average Bonchev–Trinajstić information content (AvgIpc) is 3.64. The fourth-order valence-electron chi connectivity index (χ4n) is 5.50. The number of amides is 1. The summed E-state index contributed by atoms with van der Waals surface area (Å²) in [5.74, 6) is -0.993. The summed E-state index contributed by atoms with van der Waals surface area (Å²) in [6, 6.07) is 12.1. The van der Waals surface area contributed by atoms with Gasteiger partial charge in [0.25, 0.3) is 0 Å². The topological polar surface area (TPSA) is 192 Å². The van der Waals surface area contributed by atoms with E-state index in [0.717, 1.165) is 9.87 Å². The largest absolute Gasteiger partial charge is 0.563 e. The second-order valence-electron chi connectivity index (χ2n) is 11.2. The summed E-state index contributed by atoms with van der Waals surface area (Å²) in [4.78, 5) is 25.0. The van der Waals surface area contributed by atoms with E-state index in [-0.39, 0.29) is 59.4 Å². The van der Waals surface area contributed by atoms with Crippen LogP contribution in [0.25, 0.3) is 0 Å². The third kappa shape index (κ3) is 7.37. The van der Waals surface area contributed by atoms with Crippen LogP contribution in [0.4, 0.5) is 4.79 Å². The molecule has 2 aromatic carbocycles. The van der Waals surface area contributed by atoms with Crippen molar-refractivity contribution in [3.63, 3.8) is 0 Å². The van der Waals surface area contributed by atoms with Crippen molar-refractivity contribution in [2.75, 3.05) is 26.3 Å². The molecule has 5 atom stereocenters. The number of benzene rings is 2. The minimum Gasteiger partial charge on any atom is -0.502 e. The number of fused-ring (bicyclic) bond motifs is 2. The van der Waals surface area contributed by atoms with Crippen molar-refractivity contribution in [2.24, 2.45) is 11.8 Å². The number of hydrogen-bond acceptors (Lipinski definition) is 10. The van der Waals surface area contributed by atoms with E-state index in [2.05, 4.69) is 5.32 Å². The first-order valence-electron chi connectivity index (χ1n) is 14.0. The summed E-state index contributed by atoms with van der Waals surface area (Å²) in [5.41, 5.74) is 0.971. The van der Waals surface area contributed by atoms with E-state index in [1.54, 1.807) is 0 Å². The van der Waals surface area contributed by atoms with E-state index in [1.165, 1.54) is 18.2 Å². The molecule has 0 unspecified atom stereocenters. The zero-order valence-electron chi connectivity index (χ0n) is 23.9. The second-order valence-corrected chi connectivity index (χ2v) is 13.1. The number of hydrogen-bond donors (Lipinski definition) is 3. The highest BCUT2D eigenvalue weighted by molar-refractivity contribution is 7.89. The molecule has 234 valence electrons. The molecule has 5 rings (SSSR count). The summed E-state index contributed by atoms with van der Waals surface area (Å²) >= 11 is 0. The molecule has 0 radical (unpaired) electrons. The van der Waals surface area contributed by atoms with Gasteiger partial charge in [-0.1, -0.05) is 50.2 Å². The third-order valence-corrected chi connectivity index (χ3v) is 9.46. The summed E-state index contributed by atoms with van der Waals surface area (Å²) in [6.07, 6.45) is -2.03. The lowest BCUT2D eigenvalue weighted by Crippen LogP contribution is -2.51. The number of alkyl carbamates (subject to hydrolysis) is 1. The second kappa shape index (κ2) is 13.7. The first-order valence-corrected chi connectivity index (χ1v) is 15.4. The highest BCUT2D eigenvalue weighted by Gasteiger charge is 2.44. The normalized spacial score (nSPS) is 22.5. The molecule has 15 heteroatoms. The monoisotopic (exact) mass is 620 g/mol. The van der Waals surface area contributed by atoms with Crippen LogP contribution in [0.5, 0.6) is 0 Å². The first kappa shape index (κ1) is 32.9. The average molecular weight is 620 g/mol. The van der Waals surface area contributed by atoms with Gasteiger partial charge in [-0.25, -0.2) is 18.0 Å². The Morgan fingerprint density at radius 2 is 1.91 bits per heavy atom. The van der Waals surface area contributed by atoms with E-state index in [0.29, 0.717) is 13.0 Å². The van der Waals surface area contributed by atoms with Gasteiger partial charge in [0.2, 0.25) is 10.0 Å². The fourth-order valence-corrected chi connectivity index (χ4v) is 7.15. The summed E-state index contributed by atoms with van der Waals surface area (Å²) in [5, 5.41) is 24.1. The van der Waals surface area contributed by atoms with Crippen molar-refractivity contribution < 1.29 is 52.5 Å². The maximum atomic E-state index is 13.8. The maximum Gasteiger partial charge on any atom is 0.563 e. The Morgan fingerprint density at radius 3 is 2.63 bits per heavy atom. The Bertz CT molecular complexity index is 1390. The van der Waals surface area contributed by atoms with Crippen LogP contribution in [0.15, 0.2) is 53.4 Å². The Balaban J connectivity index is 0.00000423. The van der Waals surface area contributed by atoms with Crippen molar-refractivity contribution >= 4 is 34.7 Å². The molecule has 13 nitrogen and oxygen atoms in total. The maximum absolute atomic E-state index is 13.8. The quantitative estimate of drug-likeness (QED) is 0.284. The van der Waals surface area contributed by atoms with Crippen LogP contribution < -0.4 is 10.8 Å². The van der Waals surface area contributed by atoms with Crippen LogP contribution in [0.3, 0.4) is 0 Å². The molecule has 2 saturated heterocycles. The minimum atomic E-state index is -4.21. The fraction of sp³-hybridized carbons (Fsp3) is 0.500. The van der Waals surface area contributed by atoms with Gasteiger partial charge in [0.1, 0.15) is 6.10 Å². The molecule has 0 saturated carbocycles. The van der Waals surface area contributed by atoms with Gasteiger partial charge in [-0.3, -0.25) is 0 Å². The molecule has 3 aliphatic rings. The van der Waals surface area contributed by atoms with Gasteiger partial charge in [-0.05, 0) is 36.5 Å². The Labute approximate surface area is 250 Å². The number of nitrogens with one attached hydrogen (secondary N) is 1. The van der Waals surface area contributed by atoms with E-state index in [9.17, 15) is 28.1 Å². The number of carbonyl (C=O) groups excluding carboxylic acids is 2. The molecule has 0 spiro atoms. The predicted octanol–water partition coefficient (Wildman–Crippen LogP) is -0.174. The van der Waals surface area contributed by atoms with Gasteiger partial charge in [-0.15, -0.1) is 0 Å². The van der Waals surface area contributed by atoms with Gasteiger partial charge < -0.3 is 39.8 Å². The van der Waals surface area contributed by atoms with Gasteiger partial charge in [-0.2, -0.15) is 4.31 Å². The lowest BCUT2D eigenvalue weighted by atomic mass is 9.80. The van der Waals surface area contributed by atoms with Crippen molar-refractivity contribution in [3.05, 3.63) is 59.7 Å². The smallest absolute Gasteiger partial charge is 0.502 e. The van der Waals surface area contributed by atoms with Crippen LogP contribution in [0.1, 0.15) is 36.2 Å². The summed E-state index contributed by atoms with van der Waals surface area (Å²) in [6.45, 7) is 4.14. The third-order valence-electron chi connectivity index (χ3n) is 7.64. The van der Waals surface area contributed by atoms with E-state index in [4.69, 9.17) is 18.9 Å². The molecule has 0 aliphatic carbocycles. The standard InChI is InChI=1S/C28H35BN2O10S.H2O/c1-17(2)14-31(42(36,37)19-8-9-22-21(13-19)26(33)41-29(22)35)15-24(32)23(12-18-6-4-3-5-7-18)30-28(34)40-25-16-39-27-20(25)10-11-38-27;/h3-9,13,17,20,23-25,27,32,35H,10-12,14-16H2,1-2H3,(H,30,34);1H2/t20-,23-,24+,25-,27+;/m0./s1. The highest BCUT2D eigenvalue weighted by Crippen LogP contribution is 2.33. The number of rotatable bonds is 11. The van der Waals surface area contributed by atoms with Crippen LogP contribution in [0, 0.1) is 11.8 Å². The highest BCUT2D eigenvalue weighted by atomic mass is 32.2. The number of ether oxygens (including phenoxy) is 3. The molecule has 3 aliphatic heterocycles. The number of nitrogens with zero attached hydrogens (tertiary/aromatic N) is 1. The Hall–Kier alpha value is -3.05. The minimum absolute atomic E-state index is 0. The molecule has 43 heavy (non-hydrogen) atoms. The Morgan fingerprint density at radius 1 is 1.16 bits per heavy atom. The van der Waals surface area contributed by atoms with Crippen molar-refractivity contribution in [1.29, 1.82) is 0 Å². The number of sulfonamides is 1. The van der Waals surface area contributed by atoms with E-state index < -0.39 is 53.7 Å². The van der Waals surface area contributed by atoms with Crippen LogP contribution in [-0.2, 0) is 35.3 Å². The molecule has 1 amide bonds. The first-order chi connectivity index (χ1) is 20.0. The van der Waals surface area contributed by atoms with Gasteiger partial charge >= 0.3 is 19.2 Å². The zero-order chi connectivity index (χ0) is 30.0. The number of carbonyl (C=O) groups is 2. The number of aliphatic hydroxyl groups is 1. The van der Waals surface area contributed by atoms with Gasteiger partial charge in [0.05, 0.1) is 41.7 Å². The van der Waals surface area contributed by atoms with E-state index >= 15 is 0 Å². The summed E-state index contributed by atoms with van der Waals surface area (Å²) in [7, 11) is -5.66. The molecular formula is C28H37BN2O11S. The van der Waals surface area contributed by atoms with Crippen molar-refractivity contribution in [1.82, 2.24) is 9.62 Å². The SMILES string of the molecule is CC(C)CN(C[C@@H](O)[C@H](Cc1ccccc1)NC(=O)O[C@H]1CO[C@H]2OCC[C@H]21)S(=O)(=O)c1ccc2c(c1)C(=O)OB2O.O. The van der Waals surface area contributed by atoms with E-state index in [1.807, 2.05) is 44.2 Å². The predicted molar refractivity (Wildman–Crippen MR) is 154 cm³/mol. The lowest BCUT2D eigenvalue weighted by molar-refractivity contribution is -0.0907. The number of aliphatic hydroxyl groups excluding tert-OH is 1. The lowest BCUT2D eigenvalue weighted by Gasteiger charge is -2.31. The summed E-state index contributed by atoms with van der Waals surface area (Å²) < 4.78 is 50.2. The zero-order valence-corrected chi connectivity index (χ0v) is 24.7. The molecule has 0 aromatic heterocycles. The van der Waals surface area contributed by atoms with Gasteiger partial charge in [0, 0.05) is 18.6 Å². The molecule has 3 heterocycles. The van der Waals surface area contributed by atoms with Crippen LogP contribution in [0.2, 0.25) is 0 Å².